The molecule has 36 heavy (non-hydrogen) atoms. The summed E-state index contributed by atoms with van der Waals surface area (Å²) in [5.74, 6) is 1.18. The minimum atomic E-state index is 0.349. The molecule has 0 amide bonds. The van der Waals surface area contributed by atoms with Crippen molar-refractivity contribution in [3.8, 4) is 17.1 Å². The van der Waals surface area contributed by atoms with Gasteiger partial charge in [-0.05, 0) is 60.4 Å². The molecule has 0 saturated heterocycles. The molecule has 7 heteroatoms. The second kappa shape index (κ2) is 9.89. The summed E-state index contributed by atoms with van der Waals surface area (Å²) in [6.07, 6.45) is 14.8. The average molecular weight is 476 g/mol. The number of hydrogen-bond acceptors (Lipinski definition) is 6. The minimum Gasteiger partial charge on any atom is -0.383 e. The molecule has 4 heterocycles. The zero-order valence-electron chi connectivity index (χ0n) is 20.1. The van der Waals surface area contributed by atoms with Gasteiger partial charge in [0.05, 0.1) is 11.3 Å². The van der Waals surface area contributed by atoms with E-state index in [2.05, 4.69) is 74.8 Å². The van der Waals surface area contributed by atoms with E-state index in [-0.39, 0.29) is 0 Å². The molecule has 180 valence electrons. The lowest BCUT2D eigenvalue weighted by molar-refractivity contribution is 0.535. The number of nitrogens with zero attached hydrogens (tertiary/aromatic N) is 4. The first-order valence-electron chi connectivity index (χ1n) is 12.4. The monoisotopic (exact) mass is 475 g/mol. The Labute approximate surface area is 210 Å². The number of hydrogen-bond donors (Lipinski definition) is 3. The molecular formula is C29H29N7. The highest BCUT2D eigenvalue weighted by Gasteiger charge is 2.19. The maximum Gasteiger partial charge on any atom is 0.165 e. The molecule has 1 aliphatic carbocycles. The van der Waals surface area contributed by atoms with Gasteiger partial charge in [0.1, 0.15) is 11.3 Å². The van der Waals surface area contributed by atoms with Gasteiger partial charge in [-0.25, -0.2) is 15.0 Å². The Bertz CT molecular complexity index is 1480. The van der Waals surface area contributed by atoms with Gasteiger partial charge in [-0.3, -0.25) is 4.57 Å². The van der Waals surface area contributed by atoms with Crippen LogP contribution in [0.3, 0.4) is 0 Å². The van der Waals surface area contributed by atoms with Crippen molar-refractivity contribution >= 4 is 22.6 Å². The fourth-order valence-corrected chi connectivity index (χ4v) is 4.73. The van der Waals surface area contributed by atoms with Gasteiger partial charge < -0.3 is 16.4 Å². The highest BCUT2D eigenvalue weighted by atomic mass is 15.1. The molecule has 4 aromatic rings. The predicted molar refractivity (Wildman–Crippen MR) is 145 cm³/mol. The highest BCUT2D eigenvalue weighted by Crippen LogP contribution is 2.31. The lowest BCUT2D eigenvalue weighted by Gasteiger charge is -2.19. The molecule has 0 spiro atoms. The van der Waals surface area contributed by atoms with E-state index in [4.69, 9.17) is 15.7 Å². The summed E-state index contributed by atoms with van der Waals surface area (Å²) in [4.78, 5) is 14.3. The Morgan fingerprint density at radius 3 is 2.72 bits per heavy atom. The number of imidazole rings is 1. The van der Waals surface area contributed by atoms with Gasteiger partial charge in [-0.15, -0.1) is 0 Å². The molecule has 4 N–H and O–H groups in total. The van der Waals surface area contributed by atoms with Crippen molar-refractivity contribution in [1.82, 2.24) is 30.2 Å². The van der Waals surface area contributed by atoms with Crippen molar-refractivity contribution in [2.24, 2.45) is 0 Å². The van der Waals surface area contributed by atoms with Crippen LogP contribution < -0.4 is 16.4 Å². The van der Waals surface area contributed by atoms with E-state index in [9.17, 15) is 0 Å². The average Bonchev–Trinajstić information content (AvgIpc) is 3.32. The lowest BCUT2D eigenvalue weighted by atomic mass is 10.0. The summed E-state index contributed by atoms with van der Waals surface area (Å²) in [6, 6.07) is 16.8. The summed E-state index contributed by atoms with van der Waals surface area (Å²) in [5, 5.41) is 6.97. The number of pyridine rings is 2. The van der Waals surface area contributed by atoms with Gasteiger partial charge in [0, 0.05) is 37.6 Å². The molecular weight excluding hydrogens is 446 g/mol. The fourth-order valence-electron chi connectivity index (χ4n) is 4.73. The molecule has 7 nitrogen and oxygen atoms in total. The van der Waals surface area contributed by atoms with Crippen molar-refractivity contribution in [2.45, 2.75) is 25.4 Å². The zero-order chi connectivity index (χ0) is 24.3. The van der Waals surface area contributed by atoms with Crippen molar-refractivity contribution in [3.05, 3.63) is 96.4 Å². The molecule has 0 saturated carbocycles. The maximum absolute atomic E-state index is 6.28. The molecule has 3 aromatic heterocycles. The van der Waals surface area contributed by atoms with Crippen LogP contribution in [0.5, 0.6) is 0 Å². The Balaban J connectivity index is 1.41. The first-order valence-corrected chi connectivity index (χ1v) is 12.4. The smallest absolute Gasteiger partial charge is 0.165 e. The largest absolute Gasteiger partial charge is 0.383 e. The number of allylic oxidation sites excluding steroid dienone is 4. The SMILES string of the molecule is Nc1ncccc1-c1nc2ccc(C3=CCCC=C3)nc2n1-c1ccc(CNC2C=CCNC2)cc1. The van der Waals surface area contributed by atoms with Crippen LogP contribution in [-0.2, 0) is 6.54 Å². The number of anilines is 1. The molecule has 2 aliphatic rings. The highest BCUT2D eigenvalue weighted by molar-refractivity contribution is 5.85. The van der Waals surface area contributed by atoms with Gasteiger partial charge in [0.15, 0.2) is 11.5 Å². The summed E-state index contributed by atoms with van der Waals surface area (Å²) in [6.45, 7) is 2.69. The number of nitrogens with one attached hydrogen (secondary N) is 2. The number of nitrogens with two attached hydrogens (primary N) is 1. The number of fused-ring (bicyclic) bond motifs is 1. The number of nitrogen functional groups attached to an aromatic ring is 1. The van der Waals surface area contributed by atoms with Crippen LogP contribution in [0.15, 0.2) is 85.1 Å². The molecule has 1 aromatic carbocycles. The van der Waals surface area contributed by atoms with Crippen LogP contribution in [0.25, 0.3) is 33.8 Å². The quantitative estimate of drug-likeness (QED) is 0.358. The first kappa shape index (κ1) is 22.4. The Morgan fingerprint density at radius 2 is 1.94 bits per heavy atom. The first-order chi connectivity index (χ1) is 17.8. The third-order valence-corrected chi connectivity index (χ3v) is 6.63. The molecule has 1 unspecified atom stereocenters. The summed E-state index contributed by atoms with van der Waals surface area (Å²) < 4.78 is 2.09. The van der Waals surface area contributed by atoms with Crippen LogP contribution in [-0.4, -0.2) is 38.7 Å². The third-order valence-electron chi connectivity index (χ3n) is 6.63. The van der Waals surface area contributed by atoms with Crippen molar-refractivity contribution in [1.29, 1.82) is 0 Å². The molecule has 0 fully saturated rings. The second-order valence-electron chi connectivity index (χ2n) is 9.13. The van der Waals surface area contributed by atoms with Gasteiger partial charge in [-0.2, -0.15) is 0 Å². The summed E-state index contributed by atoms with van der Waals surface area (Å²) >= 11 is 0. The van der Waals surface area contributed by atoms with E-state index in [1.54, 1.807) is 6.20 Å². The lowest BCUT2D eigenvalue weighted by Crippen LogP contribution is -2.39. The topological polar surface area (TPSA) is 93.7 Å². The molecule has 6 rings (SSSR count). The van der Waals surface area contributed by atoms with Gasteiger partial charge in [0.25, 0.3) is 0 Å². The predicted octanol–water partition coefficient (Wildman–Crippen LogP) is 4.42. The standard InChI is InChI=1S/C29H29N7/c30-27-24(9-5-17-32-27)28-35-26-15-14-25(21-6-2-1-3-7-21)34-29(26)36(28)23-12-10-20(11-13-23)18-33-22-8-4-16-31-19-22/h2,4-15,17,22,31,33H,1,3,16,18-19H2,(H2,30,32). The fraction of sp³-hybridized carbons (Fsp3) is 0.207. The van der Waals surface area contributed by atoms with Crippen LogP contribution >= 0.6 is 0 Å². The van der Waals surface area contributed by atoms with Crippen molar-refractivity contribution in [2.75, 3.05) is 18.8 Å². The number of benzene rings is 1. The van der Waals surface area contributed by atoms with Gasteiger partial charge >= 0.3 is 0 Å². The van der Waals surface area contributed by atoms with Gasteiger partial charge in [0.2, 0.25) is 0 Å². The van der Waals surface area contributed by atoms with E-state index in [1.165, 1.54) is 5.56 Å². The zero-order valence-corrected chi connectivity index (χ0v) is 20.1. The van der Waals surface area contributed by atoms with E-state index in [1.807, 2.05) is 24.3 Å². The third kappa shape index (κ3) is 4.46. The minimum absolute atomic E-state index is 0.349. The van der Waals surface area contributed by atoms with Crippen molar-refractivity contribution in [3.63, 3.8) is 0 Å². The van der Waals surface area contributed by atoms with E-state index >= 15 is 0 Å². The van der Waals surface area contributed by atoms with Crippen LogP contribution in [0.1, 0.15) is 24.1 Å². The van der Waals surface area contributed by atoms with E-state index < -0.39 is 0 Å². The molecule has 0 bridgehead atoms. The van der Waals surface area contributed by atoms with Gasteiger partial charge in [-0.1, -0.05) is 42.5 Å². The van der Waals surface area contributed by atoms with E-state index in [0.717, 1.165) is 72.0 Å². The Kier molecular flexibility index (Phi) is 6.15. The van der Waals surface area contributed by atoms with Crippen molar-refractivity contribution < 1.29 is 0 Å². The summed E-state index contributed by atoms with van der Waals surface area (Å²) in [7, 11) is 0. The van der Waals surface area contributed by atoms with E-state index in [0.29, 0.717) is 11.9 Å². The number of rotatable bonds is 6. The Morgan fingerprint density at radius 1 is 1.03 bits per heavy atom. The normalized spacial score (nSPS) is 17.4. The molecule has 0 radical (unpaired) electrons. The number of aromatic nitrogens is 4. The maximum atomic E-state index is 6.28. The van der Waals surface area contributed by atoms with Crippen LogP contribution in [0.4, 0.5) is 5.82 Å². The van der Waals surface area contributed by atoms with Crippen LogP contribution in [0, 0.1) is 0 Å². The Hall–Kier alpha value is -4.07. The summed E-state index contributed by atoms with van der Waals surface area (Å²) in [5.41, 5.74) is 13.0. The second-order valence-corrected chi connectivity index (χ2v) is 9.13. The molecule has 1 atom stereocenters. The van der Waals surface area contributed by atoms with Crippen LogP contribution in [0.2, 0.25) is 0 Å². The molecule has 1 aliphatic heterocycles.